The van der Waals surface area contributed by atoms with Crippen LogP contribution in [0.15, 0.2) is 77.6 Å². The van der Waals surface area contributed by atoms with E-state index < -0.39 is 16.3 Å². The Bertz CT molecular complexity index is 724. The molecule has 0 bridgehead atoms. The lowest BCUT2D eigenvalue weighted by atomic mass is 10.1. The zero-order valence-corrected chi connectivity index (χ0v) is 15.0. The number of rotatable bonds is 6. The van der Waals surface area contributed by atoms with Gasteiger partial charge < -0.3 is 5.11 Å². The van der Waals surface area contributed by atoms with Gasteiger partial charge in [0.05, 0.1) is 11.4 Å². The van der Waals surface area contributed by atoms with Crippen molar-refractivity contribution in [2.75, 3.05) is 6.54 Å². The third-order valence-corrected chi connectivity index (χ3v) is 7.81. The minimum atomic E-state index is -1.44. The first kappa shape index (κ1) is 17.0. The Kier molecular flexibility index (Phi) is 5.24. The molecule has 3 heteroatoms. The summed E-state index contributed by atoms with van der Waals surface area (Å²) in [7, 11) is -1.44. The van der Waals surface area contributed by atoms with Crippen molar-refractivity contribution in [2.45, 2.75) is 25.2 Å². The second-order valence-electron chi connectivity index (χ2n) is 6.07. The summed E-state index contributed by atoms with van der Waals surface area (Å²) in [6, 6.07) is 20.8. The van der Waals surface area contributed by atoms with Crippen LogP contribution in [0.25, 0.3) is 5.57 Å². The summed E-state index contributed by atoms with van der Waals surface area (Å²) >= 11 is 0. The molecule has 0 aromatic heterocycles. The number of aliphatic hydroxyl groups excluding tert-OH is 1. The summed E-state index contributed by atoms with van der Waals surface area (Å²) in [4.78, 5) is 0. The maximum atomic E-state index is 10.6. The highest BCUT2D eigenvalue weighted by atomic mass is 32.3. The van der Waals surface area contributed by atoms with Gasteiger partial charge in [0.25, 0.3) is 0 Å². The molecule has 0 spiro atoms. The summed E-state index contributed by atoms with van der Waals surface area (Å²) in [6.07, 6.45) is 1.77. The number of hydrogen-bond donors (Lipinski definition) is 2. The van der Waals surface area contributed by atoms with Crippen molar-refractivity contribution in [3.8, 4) is 0 Å². The van der Waals surface area contributed by atoms with Gasteiger partial charge in [-0.2, -0.15) is 0 Å². The summed E-state index contributed by atoms with van der Waals surface area (Å²) < 4.78 is 3.70. The average Bonchev–Trinajstić information content (AvgIpc) is 3.01. The van der Waals surface area contributed by atoms with Gasteiger partial charge in [0.2, 0.25) is 0 Å². The minimum Gasteiger partial charge on any atom is -0.392 e. The summed E-state index contributed by atoms with van der Waals surface area (Å²) in [5.74, 6) is 0. The Balaban J connectivity index is 2.06. The number of allylic oxidation sites excluding steroid dienone is 2. The molecule has 0 radical (unpaired) electrons. The molecule has 0 saturated heterocycles. The van der Waals surface area contributed by atoms with Crippen molar-refractivity contribution in [3.05, 3.63) is 88.7 Å². The fourth-order valence-corrected chi connectivity index (χ4v) is 6.85. The van der Waals surface area contributed by atoms with E-state index in [0.717, 1.165) is 6.54 Å². The molecular weight excluding hydrogens is 314 g/mol. The third-order valence-electron chi connectivity index (χ3n) is 4.28. The Morgan fingerprint density at radius 2 is 1.62 bits per heavy atom. The van der Waals surface area contributed by atoms with E-state index in [1.165, 1.54) is 16.7 Å². The smallest absolute Gasteiger partial charge is 0.0674 e. The van der Waals surface area contributed by atoms with Gasteiger partial charge in [0.15, 0.2) is 0 Å². The van der Waals surface area contributed by atoms with Gasteiger partial charge in [-0.3, -0.25) is 4.72 Å². The van der Waals surface area contributed by atoms with Crippen molar-refractivity contribution in [1.29, 1.82) is 0 Å². The van der Waals surface area contributed by atoms with Crippen LogP contribution in [0.1, 0.15) is 30.2 Å². The number of aliphatic hydroxyl groups is 1. The van der Waals surface area contributed by atoms with Crippen molar-refractivity contribution in [1.82, 2.24) is 4.72 Å². The van der Waals surface area contributed by atoms with E-state index in [9.17, 15) is 5.11 Å². The SMILES string of the molecule is CCNS1(C(c2ccccc2)C(C)O)C=CC(c2ccccc2)=C1. The molecular formula is C21H25NOS. The van der Waals surface area contributed by atoms with Crippen LogP contribution in [0.2, 0.25) is 0 Å². The second kappa shape index (κ2) is 7.39. The van der Waals surface area contributed by atoms with Gasteiger partial charge in [-0.25, -0.2) is 0 Å². The molecule has 2 N–H and O–H groups in total. The Labute approximate surface area is 146 Å². The monoisotopic (exact) mass is 339 g/mol. The van der Waals surface area contributed by atoms with Crippen LogP contribution in [-0.4, -0.2) is 17.8 Å². The zero-order chi connectivity index (χ0) is 17.0. The average molecular weight is 340 g/mol. The number of hydrogen-bond acceptors (Lipinski definition) is 2. The van der Waals surface area contributed by atoms with Crippen molar-refractivity contribution in [3.63, 3.8) is 0 Å². The van der Waals surface area contributed by atoms with Crippen LogP contribution in [0, 0.1) is 0 Å². The normalized spacial score (nSPS) is 24.9. The van der Waals surface area contributed by atoms with Crippen LogP contribution in [0.3, 0.4) is 0 Å². The van der Waals surface area contributed by atoms with Gasteiger partial charge >= 0.3 is 0 Å². The molecule has 1 aliphatic rings. The highest BCUT2D eigenvalue weighted by molar-refractivity contribution is 8.37. The fourth-order valence-electron chi connectivity index (χ4n) is 3.33. The Morgan fingerprint density at radius 3 is 2.21 bits per heavy atom. The van der Waals surface area contributed by atoms with Gasteiger partial charge in [0.1, 0.15) is 0 Å². The van der Waals surface area contributed by atoms with Crippen LogP contribution in [0.5, 0.6) is 0 Å². The van der Waals surface area contributed by atoms with Crippen molar-refractivity contribution >= 4 is 15.8 Å². The Morgan fingerprint density at radius 1 is 1.00 bits per heavy atom. The van der Waals surface area contributed by atoms with Gasteiger partial charge in [-0.05, 0) is 40.5 Å². The molecule has 0 aliphatic carbocycles. The summed E-state index contributed by atoms with van der Waals surface area (Å²) in [5, 5.41) is 15.3. The van der Waals surface area contributed by atoms with Crippen LogP contribution in [0.4, 0.5) is 0 Å². The van der Waals surface area contributed by atoms with E-state index in [-0.39, 0.29) is 5.25 Å². The predicted molar refractivity (Wildman–Crippen MR) is 106 cm³/mol. The minimum absolute atomic E-state index is 0.0381. The highest BCUT2D eigenvalue weighted by Gasteiger charge is 2.36. The highest BCUT2D eigenvalue weighted by Crippen LogP contribution is 2.64. The van der Waals surface area contributed by atoms with Crippen molar-refractivity contribution in [2.24, 2.45) is 0 Å². The zero-order valence-electron chi connectivity index (χ0n) is 14.2. The quantitative estimate of drug-likeness (QED) is 0.776. The molecule has 3 rings (SSSR count). The van der Waals surface area contributed by atoms with Crippen LogP contribution >= 0.6 is 10.2 Å². The lowest BCUT2D eigenvalue weighted by molar-refractivity contribution is 0.191. The maximum Gasteiger partial charge on any atom is 0.0674 e. The van der Waals surface area contributed by atoms with E-state index in [4.69, 9.17) is 0 Å². The Hall–Kier alpha value is -1.81. The molecule has 0 fully saturated rings. The van der Waals surface area contributed by atoms with Crippen LogP contribution < -0.4 is 4.72 Å². The molecule has 0 saturated carbocycles. The van der Waals surface area contributed by atoms with E-state index in [2.05, 4.69) is 64.9 Å². The molecule has 24 heavy (non-hydrogen) atoms. The topological polar surface area (TPSA) is 32.3 Å². The predicted octanol–water partition coefficient (Wildman–Crippen LogP) is 5.01. The standard InChI is InChI=1S/C21H25NOS/c1-3-22-24(21(17(2)23)19-12-8-5-9-13-19)15-14-20(16-24)18-10-6-4-7-11-18/h4-17,21-23H,3H2,1-2H3. The molecule has 2 aromatic rings. The van der Waals surface area contributed by atoms with Gasteiger partial charge in [-0.15, -0.1) is 10.2 Å². The first-order chi connectivity index (χ1) is 11.7. The fraction of sp³-hybridized carbons (Fsp3) is 0.238. The molecule has 3 unspecified atom stereocenters. The number of nitrogens with one attached hydrogen (secondary N) is 1. The molecule has 2 nitrogen and oxygen atoms in total. The molecule has 3 atom stereocenters. The van der Waals surface area contributed by atoms with E-state index in [1.54, 1.807) is 0 Å². The molecule has 0 amide bonds. The van der Waals surface area contributed by atoms with Gasteiger partial charge in [-0.1, -0.05) is 67.6 Å². The van der Waals surface area contributed by atoms with Crippen molar-refractivity contribution < 1.29 is 5.11 Å². The largest absolute Gasteiger partial charge is 0.392 e. The third kappa shape index (κ3) is 3.34. The van der Waals surface area contributed by atoms with E-state index in [1.807, 2.05) is 31.2 Å². The van der Waals surface area contributed by atoms with Gasteiger partial charge in [0, 0.05) is 6.54 Å². The molecule has 2 aromatic carbocycles. The molecule has 1 heterocycles. The second-order valence-corrected chi connectivity index (χ2v) is 8.90. The molecule has 1 aliphatic heterocycles. The first-order valence-electron chi connectivity index (χ1n) is 8.41. The summed E-state index contributed by atoms with van der Waals surface area (Å²) in [5.41, 5.74) is 3.63. The number of benzene rings is 2. The van der Waals surface area contributed by atoms with E-state index >= 15 is 0 Å². The first-order valence-corrected chi connectivity index (χ1v) is 10.2. The van der Waals surface area contributed by atoms with Crippen LogP contribution in [-0.2, 0) is 0 Å². The van der Waals surface area contributed by atoms with E-state index in [0.29, 0.717) is 0 Å². The maximum absolute atomic E-state index is 10.6. The summed E-state index contributed by atoms with van der Waals surface area (Å²) in [6.45, 7) is 4.89. The lowest BCUT2D eigenvalue weighted by Gasteiger charge is -2.42. The lowest BCUT2D eigenvalue weighted by Crippen LogP contribution is -2.28. The molecule has 126 valence electrons.